The number of carbonyl (C=O) groups excluding carboxylic acids is 1. The van der Waals surface area contributed by atoms with E-state index in [0.717, 1.165) is 12.8 Å². The first-order chi connectivity index (χ1) is 4.72. The molecule has 0 aliphatic heterocycles. The molecule has 1 radical (unpaired) electrons. The van der Waals surface area contributed by atoms with Gasteiger partial charge in [-0.3, -0.25) is 4.79 Å². The average molecular weight is 144 g/mol. The lowest BCUT2D eigenvalue weighted by atomic mass is 10.3. The standard InChI is InChI=1S/C7H14NO2/c1-3-4-5-8(2)7(10)6-9/h3-6H2,1-2H3. The predicted molar refractivity (Wildman–Crippen MR) is 38.1 cm³/mol. The largest absolute Gasteiger partial charge is 0.344 e. The van der Waals surface area contributed by atoms with Crippen molar-refractivity contribution in [2.24, 2.45) is 0 Å². The highest BCUT2D eigenvalue weighted by Gasteiger charge is 2.04. The number of rotatable bonds is 4. The summed E-state index contributed by atoms with van der Waals surface area (Å²) in [6.07, 6.45) is 2.03. The van der Waals surface area contributed by atoms with Gasteiger partial charge in [-0.25, -0.2) is 5.11 Å². The van der Waals surface area contributed by atoms with Crippen molar-refractivity contribution in [2.45, 2.75) is 19.8 Å². The van der Waals surface area contributed by atoms with Crippen LogP contribution in [-0.4, -0.2) is 31.0 Å². The van der Waals surface area contributed by atoms with Gasteiger partial charge < -0.3 is 4.90 Å². The predicted octanol–water partition coefficient (Wildman–Crippen LogP) is 0.675. The fourth-order valence-corrected chi connectivity index (χ4v) is 0.630. The van der Waals surface area contributed by atoms with Gasteiger partial charge in [0, 0.05) is 13.6 Å². The SMILES string of the molecule is CCCCN(C)C(=O)C[O]. The zero-order valence-corrected chi connectivity index (χ0v) is 6.59. The van der Waals surface area contributed by atoms with Gasteiger partial charge in [-0.2, -0.15) is 0 Å². The molecule has 0 aromatic heterocycles. The molecule has 3 heteroatoms. The summed E-state index contributed by atoms with van der Waals surface area (Å²) in [5.41, 5.74) is 0. The zero-order valence-electron chi connectivity index (χ0n) is 6.59. The summed E-state index contributed by atoms with van der Waals surface area (Å²) in [4.78, 5) is 12.1. The molecule has 3 nitrogen and oxygen atoms in total. The molecule has 0 rings (SSSR count). The van der Waals surface area contributed by atoms with Gasteiger partial charge in [0.15, 0.2) is 6.61 Å². The van der Waals surface area contributed by atoms with Crippen molar-refractivity contribution in [1.29, 1.82) is 0 Å². The molecule has 0 saturated heterocycles. The van der Waals surface area contributed by atoms with E-state index in [1.807, 2.05) is 0 Å². The van der Waals surface area contributed by atoms with E-state index in [0.29, 0.717) is 6.54 Å². The molecule has 0 fully saturated rings. The smallest absolute Gasteiger partial charge is 0.251 e. The molecule has 0 unspecified atom stereocenters. The minimum Gasteiger partial charge on any atom is -0.344 e. The third-order valence-electron chi connectivity index (χ3n) is 1.40. The Kier molecular flexibility index (Phi) is 4.94. The van der Waals surface area contributed by atoms with Crippen LogP contribution >= 0.6 is 0 Å². The molecule has 0 heterocycles. The Bertz CT molecular complexity index is 104. The van der Waals surface area contributed by atoms with Gasteiger partial charge in [0.05, 0.1) is 0 Å². The van der Waals surface area contributed by atoms with E-state index in [2.05, 4.69) is 6.92 Å². The molecule has 10 heavy (non-hydrogen) atoms. The minimum atomic E-state index is -0.625. The van der Waals surface area contributed by atoms with Gasteiger partial charge in [0.1, 0.15) is 0 Å². The van der Waals surface area contributed by atoms with Crippen LogP contribution in [0.25, 0.3) is 0 Å². The lowest BCUT2D eigenvalue weighted by Crippen LogP contribution is -2.29. The monoisotopic (exact) mass is 144 g/mol. The third kappa shape index (κ3) is 3.45. The number of carbonyl (C=O) groups is 1. The quantitative estimate of drug-likeness (QED) is 0.571. The summed E-state index contributed by atoms with van der Waals surface area (Å²) in [5.74, 6) is -0.312. The Balaban J connectivity index is 3.41. The third-order valence-corrected chi connectivity index (χ3v) is 1.40. The van der Waals surface area contributed by atoms with Crippen molar-refractivity contribution in [3.05, 3.63) is 0 Å². The van der Waals surface area contributed by atoms with E-state index in [1.54, 1.807) is 7.05 Å². The van der Waals surface area contributed by atoms with E-state index >= 15 is 0 Å². The van der Waals surface area contributed by atoms with Crippen LogP contribution in [0.2, 0.25) is 0 Å². The molecule has 0 aromatic rings. The molecule has 1 amide bonds. The summed E-state index contributed by atoms with van der Waals surface area (Å²) in [5, 5.41) is 10.0. The lowest BCUT2D eigenvalue weighted by molar-refractivity contribution is -0.134. The molecule has 0 saturated carbocycles. The van der Waals surface area contributed by atoms with Crippen LogP contribution in [0.4, 0.5) is 0 Å². The Hall–Kier alpha value is -0.570. The maximum absolute atomic E-state index is 10.6. The first-order valence-corrected chi connectivity index (χ1v) is 3.54. The van der Waals surface area contributed by atoms with Gasteiger partial charge in [-0.1, -0.05) is 13.3 Å². The summed E-state index contributed by atoms with van der Waals surface area (Å²) in [6.45, 7) is 2.13. The van der Waals surface area contributed by atoms with Crippen LogP contribution in [-0.2, 0) is 9.90 Å². The summed E-state index contributed by atoms with van der Waals surface area (Å²) >= 11 is 0. The van der Waals surface area contributed by atoms with Crippen LogP contribution in [0.3, 0.4) is 0 Å². The summed E-state index contributed by atoms with van der Waals surface area (Å²) in [6, 6.07) is 0. The maximum atomic E-state index is 10.6. The van der Waals surface area contributed by atoms with E-state index in [1.165, 1.54) is 4.90 Å². The summed E-state index contributed by atoms with van der Waals surface area (Å²) < 4.78 is 0. The zero-order chi connectivity index (χ0) is 7.98. The van der Waals surface area contributed by atoms with Crippen LogP contribution in [0.5, 0.6) is 0 Å². The number of amides is 1. The van der Waals surface area contributed by atoms with Gasteiger partial charge in [0.2, 0.25) is 0 Å². The topological polar surface area (TPSA) is 40.2 Å². The first-order valence-electron chi connectivity index (χ1n) is 3.54. The Labute approximate surface area is 61.6 Å². The van der Waals surface area contributed by atoms with Crippen molar-refractivity contribution in [3.63, 3.8) is 0 Å². The van der Waals surface area contributed by atoms with Crippen molar-refractivity contribution in [3.8, 4) is 0 Å². The van der Waals surface area contributed by atoms with Gasteiger partial charge in [0.25, 0.3) is 5.91 Å². The second kappa shape index (κ2) is 5.23. The van der Waals surface area contributed by atoms with Crippen molar-refractivity contribution >= 4 is 5.91 Å². The molecule has 0 bridgehead atoms. The average Bonchev–Trinajstić information content (AvgIpc) is 1.98. The Morgan fingerprint density at radius 1 is 1.50 bits per heavy atom. The Morgan fingerprint density at radius 3 is 2.50 bits per heavy atom. The van der Waals surface area contributed by atoms with Crippen molar-refractivity contribution in [2.75, 3.05) is 20.2 Å². The van der Waals surface area contributed by atoms with Crippen molar-refractivity contribution in [1.82, 2.24) is 4.90 Å². The first kappa shape index (κ1) is 9.43. The molecule has 0 spiro atoms. The van der Waals surface area contributed by atoms with Gasteiger partial charge >= 0.3 is 0 Å². The maximum Gasteiger partial charge on any atom is 0.251 e. The molecule has 0 aromatic carbocycles. The number of likely N-dealkylation sites (N-methyl/N-ethyl adjacent to an activating group) is 1. The van der Waals surface area contributed by atoms with Crippen LogP contribution in [0, 0.1) is 0 Å². The number of nitrogens with zero attached hydrogens (tertiary/aromatic N) is 1. The van der Waals surface area contributed by atoms with Crippen molar-refractivity contribution < 1.29 is 9.90 Å². The van der Waals surface area contributed by atoms with Gasteiger partial charge in [-0.15, -0.1) is 0 Å². The number of unbranched alkanes of at least 4 members (excludes halogenated alkanes) is 1. The molecule has 0 atom stereocenters. The second-order valence-corrected chi connectivity index (χ2v) is 2.31. The molecular weight excluding hydrogens is 130 g/mol. The fraction of sp³-hybridized carbons (Fsp3) is 0.857. The fourth-order valence-electron chi connectivity index (χ4n) is 0.630. The highest BCUT2D eigenvalue weighted by molar-refractivity contribution is 5.76. The van der Waals surface area contributed by atoms with Crippen LogP contribution < -0.4 is 0 Å². The number of hydrogen-bond acceptors (Lipinski definition) is 1. The van der Waals surface area contributed by atoms with Gasteiger partial charge in [-0.05, 0) is 6.42 Å². The second-order valence-electron chi connectivity index (χ2n) is 2.31. The molecule has 59 valence electrons. The van der Waals surface area contributed by atoms with E-state index in [-0.39, 0.29) is 5.91 Å². The normalized spacial score (nSPS) is 9.50. The molecule has 0 aliphatic rings. The lowest BCUT2D eigenvalue weighted by Gasteiger charge is -2.13. The highest BCUT2D eigenvalue weighted by atomic mass is 16.3. The molecule has 0 aliphatic carbocycles. The molecule has 0 N–H and O–H groups in total. The molecular formula is C7H14NO2. The summed E-state index contributed by atoms with van der Waals surface area (Å²) in [7, 11) is 1.66. The minimum absolute atomic E-state index is 0.312. The van der Waals surface area contributed by atoms with Crippen LogP contribution in [0.1, 0.15) is 19.8 Å². The van der Waals surface area contributed by atoms with Crippen LogP contribution in [0.15, 0.2) is 0 Å². The highest BCUT2D eigenvalue weighted by Crippen LogP contribution is 1.91. The van der Waals surface area contributed by atoms with E-state index < -0.39 is 6.61 Å². The van der Waals surface area contributed by atoms with E-state index in [4.69, 9.17) is 0 Å². The van der Waals surface area contributed by atoms with E-state index in [9.17, 15) is 9.90 Å². The Morgan fingerprint density at radius 2 is 2.10 bits per heavy atom. The number of hydrogen-bond donors (Lipinski definition) is 0.